The predicted molar refractivity (Wildman–Crippen MR) is 93.1 cm³/mol. The highest BCUT2D eigenvalue weighted by molar-refractivity contribution is 7.81. The summed E-state index contributed by atoms with van der Waals surface area (Å²) in [6.45, 7) is 0. The Balaban J connectivity index is 1.91. The fourth-order valence-electron chi connectivity index (χ4n) is 2.96. The van der Waals surface area contributed by atoms with Crippen LogP contribution >= 0.6 is 24.4 Å². The van der Waals surface area contributed by atoms with E-state index in [9.17, 15) is 0 Å². The number of benzene rings is 2. The number of fused-ring (bicyclic) bond motifs is 2. The fourth-order valence-corrected chi connectivity index (χ4v) is 3.58. The third-order valence-electron chi connectivity index (χ3n) is 3.89. The van der Waals surface area contributed by atoms with E-state index in [0.717, 1.165) is 27.3 Å². The average Bonchev–Trinajstić information content (AvgIpc) is 2.81. The van der Waals surface area contributed by atoms with Crippen molar-refractivity contribution in [2.24, 2.45) is 0 Å². The zero-order valence-corrected chi connectivity index (χ0v) is 12.7. The van der Waals surface area contributed by atoms with Gasteiger partial charge in [-0.3, -0.25) is 0 Å². The van der Waals surface area contributed by atoms with Gasteiger partial charge in [0.05, 0.1) is 16.6 Å². The van der Waals surface area contributed by atoms with Gasteiger partial charge in [-0.2, -0.15) is 0 Å². The highest BCUT2D eigenvalue weighted by Gasteiger charge is 2.36. The van der Waals surface area contributed by atoms with Gasteiger partial charge in [-0.25, -0.2) is 0 Å². The first-order valence-corrected chi connectivity index (χ1v) is 7.58. The molecule has 2 aliphatic rings. The van der Waals surface area contributed by atoms with Crippen molar-refractivity contribution in [2.45, 2.75) is 6.04 Å². The molecule has 2 aromatic rings. The van der Waals surface area contributed by atoms with Gasteiger partial charge in [-0.1, -0.05) is 66.8 Å². The third kappa shape index (κ3) is 1.91. The average molecular weight is 308 g/mol. The zero-order valence-electron chi connectivity index (χ0n) is 11.1. The molecule has 0 aromatic heterocycles. The van der Waals surface area contributed by atoms with Crippen LogP contribution in [0.4, 0.5) is 0 Å². The van der Waals surface area contributed by atoms with Gasteiger partial charge >= 0.3 is 0 Å². The molecule has 21 heavy (non-hydrogen) atoms. The molecule has 4 rings (SSSR count). The van der Waals surface area contributed by atoms with Gasteiger partial charge in [0.2, 0.25) is 0 Å². The minimum atomic E-state index is 0.00912. The largest absolute Gasteiger partial charge is 0.351 e. The number of rotatable bonds is 1. The van der Waals surface area contributed by atoms with Gasteiger partial charge in [-0.15, -0.1) is 0 Å². The summed E-state index contributed by atoms with van der Waals surface area (Å²) in [5.41, 5.74) is 5.59. The Bertz CT molecular complexity index is 793. The normalized spacial score (nSPS) is 19.7. The van der Waals surface area contributed by atoms with E-state index in [1.807, 2.05) is 30.3 Å². The second-order valence-corrected chi connectivity index (χ2v) is 5.92. The lowest BCUT2D eigenvalue weighted by Gasteiger charge is -2.29. The molecule has 1 aliphatic heterocycles. The fraction of sp³-hybridized carbons (Fsp3) is 0.0588. The van der Waals surface area contributed by atoms with Crippen LogP contribution in [0.2, 0.25) is 0 Å². The van der Waals surface area contributed by atoms with E-state index < -0.39 is 0 Å². The molecule has 0 saturated heterocycles. The Morgan fingerprint density at radius 2 is 1.48 bits per heavy atom. The van der Waals surface area contributed by atoms with Gasteiger partial charge in [0, 0.05) is 16.7 Å². The number of thiocarbonyl (C=S) groups is 2. The first kappa shape index (κ1) is 12.7. The topological polar surface area (TPSA) is 24.1 Å². The van der Waals surface area contributed by atoms with Crippen molar-refractivity contribution in [2.75, 3.05) is 0 Å². The molecule has 2 nitrogen and oxygen atoms in total. The summed E-state index contributed by atoms with van der Waals surface area (Å²) in [5.74, 6) is 0. The molecule has 0 radical (unpaired) electrons. The van der Waals surface area contributed by atoms with Crippen molar-refractivity contribution < 1.29 is 0 Å². The summed E-state index contributed by atoms with van der Waals surface area (Å²) < 4.78 is 0. The van der Waals surface area contributed by atoms with Crippen LogP contribution in [0.25, 0.3) is 5.70 Å². The van der Waals surface area contributed by atoms with Crippen LogP contribution in [0.5, 0.6) is 0 Å². The molecule has 0 amide bonds. The lowest BCUT2D eigenvalue weighted by molar-refractivity contribution is 0.749. The quantitative estimate of drug-likeness (QED) is 0.789. The maximum absolute atomic E-state index is 5.71. The molecular weight excluding hydrogens is 296 g/mol. The Morgan fingerprint density at radius 1 is 0.810 bits per heavy atom. The smallest absolute Gasteiger partial charge is 0.171 e. The van der Waals surface area contributed by atoms with Crippen LogP contribution in [-0.4, -0.2) is 9.98 Å². The number of hydrogen-bond donors (Lipinski definition) is 2. The van der Waals surface area contributed by atoms with E-state index >= 15 is 0 Å². The van der Waals surface area contributed by atoms with Gasteiger partial charge in [0.15, 0.2) is 5.11 Å². The summed E-state index contributed by atoms with van der Waals surface area (Å²) in [6, 6.07) is 18.5. The highest BCUT2D eigenvalue weighted by atomic mass is 32.1. The maximum atomic E-state index is 5.71. The van der Waals surface area contributed by atoms with E-state index in [1.165, 1.54) is 5.56 Å². The van der Waals surface area contributed by atoms with E-state index in [1.54, 1.807) is 0 Å². The molecular formula is C17H12N2S2. The maximum Gasteiger partial charge on any atom is 0.171 e. The van der Waals surface area contributed by atoms with E-state index in [0.29, 0.717) is 5.11 Å². The van der Waals surface area contributed by atoms with Gasteiger partial charge in [-0.05, 0) is 17.8 Å². The summed E-state index contributed by atoms with van der Waals surface area (Å²) in [7, 11) is 0. The molecule has 1 atom stereocenters. The Hall–Kier alpha value is -2.04. The summed E-state index contributed by atoms with van der Waals surface area (Å²) in [5, 5.41) is 7.26. The van der Waals surface area contributed by atoms with E-state index in [-0.39, 0.29) is 6.04 Å². The molecule has 2 N–H and O–H groups in total. The van der Waals surface area contributed by atoms with Crippen LogP contribution in [0.3, 0.4) is 0 Å². The van der Waals surface area contributed by atoms with Crippen molar-refractivity contribution in [3.05, 3.63) is 76.9 Å². The van der Waals surface area contributed by atoms with Crippen molar-refractivity contribution >= 4 is 40.1 Å². The van der Waals surface area contributed by atoms with Crippen LogP contribution in [-0.2, 0) is 0 Å². The van der Waals surface area contributed by atoms with Gasteiger partial charge in [0.1, 0.15) is 0 Å². The van der Waals surface area contributed by atoms with Crippen molar-refractivity contribution in [1.29, 1.82) is 0 Å². The van der Waals surface area contributed by atoms with Crippen molar-refractivity contribution in [3.8, 4) is 0 Å². The molecule has 2 aromatic carbocycles. The SMILES string of the molecule is S=C1NC2=C(C(=S)c3ccccc32)C(c2ccccc2)N1. The minimum Gasteiger partial charge on any atom is -0.351 e. The molecule has 0 spiro atoms. The molecule has 0 fully saturated rings. The first-order valence-electron chi connectivity index (χ1n) is 6.76. The van der Waals surface area contributed by atoms with Crippen LogP contribution in [0.1, 0.15) is 22.7 Å². The van der Waals surface area contributed by atoms with Crippen molar-refractivity contribution in [3.63, 3.8) is 0 Å². The van der Waals surface area contributed by atoms with E-state index in [4.69, 9.17) is 24.4 Å². The van der Waals surface area contributed by atoms with Crippen LogP contribution in [0, 0.1) is 0 Å². The molecule has 102 valence electrons. The molecule has 0 saturated carbocycles. The standard InChI is InChI=1S/C17H12N2S2/c20-16-12-9-5-4-8-11(12)15-13(16)14(18-17(21)19-15)10-6-2-1-3-7-10/h1-9,14H,(H2,18,19,21). The number of hydrogen-bond acceptors (Lipinski definition) is 2. The highest BCUT2D eigenvalue weighted by Crippen LogP contribution is 2.40. The summed E-state index contributed by atoms with van der Waals surface area (Å²) in [6.07, 6.45) is 0. The monoisotopic (exact) mass is 308 g/mol. The van der Waals surface area contributed by atoms with Crippen LogP contribution in [0.15, 0.2) is 60.2 Å². The molecule has 4 heteroatoms. The van der Waals surface area contributed by atoms with Crippen LogP contribution < -0.4 is 10.6 Å². The molecule has 1 unspecified atom stereocenters. The van der Waals surface area contributed by atoms with Gasteiger partial charge in [0.25, 0.3) is 0 Å². The lowest BCUT2D eigenvalue weighted by atomic mass is 9.95. The molecule has 1 aliphatic carbocycles. The van der Waals surface area contributed by atoms with Crippen molar-refractivity contribution in [1.82, 2.24) is 10.6 Å². The number of nitrogens with one attached hydrogen (secondary N) is 2. The Kier molecular flexibility index (Phi) is 2.87. The van der Waals surface area contributed by atoms with E-state index in [2.05, 4.69) is 34.9 Å². The predicted octanol–water partition coefficient (Wildman–Crippen LogP) is 3.35. The molecule has 0 bridgehead atoms. The lowest BCUT2D eigenvalue weighted by Crippen LogP contribution is -2.43. The second kappa shape index (κ2) is 4.76. The minimum absolute atomic E-state index is 0.00912. The summed E-state index contributed by atoms with van der Waals surface area (Å²) >= 11 is 11.1. The van der Waals surface area contributed by atoms with Gasteiger partial charge < -0.3 is 10.6 Å². The second-order valence-electron chi connectivity index (χ2n) is 5.11. The summed E-state index contributed by atoms with van der Waals surface area (Å²) in [4.78, 5) is 0.900. The Morgan fingerprint density at radius 3 is 2.24 bits per heavy atom. The third-order valence-corrected chi connectivity index (χ3v) is 4.55. The first-order chi connectivity index (χ1) is 10.3. The molecule has 1 heterocycles. The zero-order chi connectivity index (χ0) is 14.4. The Labute approximate surface area is 133 Å².